The molecule has 5 heteroatoms. The minimum absolute atomic E-state index is 0.0648. The first-order valence-corrected chi connectivity index (χ1v) is 13.3. The van der Waals surface area contributed by atoms with E-state index in [1.165, 1.54) is 36.9 Å². The molecule has 0 spiro atoms. The van der Waals surface area contributed by atoms with Crippen LogP contribution in [0.3, 0.4) is 0 Å². The van der Waals surface area contributed by atoms with Gasteiger partial charge in [0.1, 0.15) is 11.6 Å². The van der Waals surface area contributed by atoms with Crippen molar-refractivity contribution < 1.29 is 9.53 Å². The van der Waals surface area contributed by atoms with Crippen LogP contribution in [0.1, 0.15) is 56.6 Å². The van der Waals surface area contributed by atoms with Gasteiger partial charge in [0.2, 0.25) is 5.91 Å². The second kappa shape index (κ2) is 7.30. The first-order valence-electron chi connectivity index (χ1n) is 13.3. The smallest absolute Gasteiger partial charge is 0.231 e. The second-order valence-corrected chi connectivity index (χ2v) is 11.3. The van der Waals surface area contributed by atoms with Crippen LogP contribution >= 0.6 is 0 Å². The van der Waals surface area contributed by atoms with Gasteiger partial charge in [-0.1, -0.05) is 25.5 Å². The van der Waals surface area contributed by atoms with Crippen LogP contribution in [-0.4, -0.2) is 48.1 Å². The van der Waals surface area contributed by atoms with Gasteiger partial charge in [0.25, 0.3) is 0 Å². The van der Waals surface area contributed by atoms with E-state index in [1.54, 1.807) is 7.11 Å². The number of pyridine rings is 1. The highest BCUT2D eigenvalue weighted by molar-refractivity contribution is 5.99. The van der Waals surface area contributed by atoms with E-state index in [0.717, 1.165) is 43.8 Å². The molecule has 0 N–H and O–H groups in total. The molecule has 1 amide bonds. The van der Waals surface area contributed by atoms with E-state index in [2.05, 4.69) is 39.9 Å². The third kappa shape index (κ3) is 2.39. The summed E-state index contributed by atoms with van der Waals surface area (Å²) >= 11 is 0. The molecule has 3 aliphatic carbocycles. The lowest BCUT2D eigenvalue weighted by atomic mass is 9.43. The van der Waals surface area contributed by atoms with E-state index < -0.39 is 0 Å². The Morgan fingerprint density at radius 2 is 2.12 bits per heavy atom. The highest BCUT2D eigenvalue weighted by atomic mass is 16.5. The molecule has 3 heterocycles. The Hall–Kier alpha value is -2.40. The van der Waals surface area contributed by atoms with E-state index in [0.29, 0.717) is 17.9 Å². The summed E-state index contributed by atoms with van der Waals surface area (Å²) in [7, 11) is 1.78. The van der Waals surface area contributed by atoms with Gasteiger partial charge in [0, 0.05) is 35.5 Å². The molecule has 1 aromatic carbocycles. The first-order chi connectivity index (χ1) is 16.6. The Labute approximate surface area is 202 Å². The van der Waals surface area contributed by atoms with Gasteiger partial charge < -0.3 is 4.74 Å². The largest absolute Gasteiger partial charge is 0.497 e. The number of hydrogen-bond donors (Lipinski definition) is 0. The summed E-state index contributed by atoms with van der Waals surface area (Å²) in [6.07, 6.45) is 9.96. The maximum atomic E-state index is 14.0. The average Bonchev–Trinajstić information content (AvgIpc) is 3.26. The van der Waals surface area contributed by atoms with E-state index >= 15 is 0 Å². The first kappa shape index (κ1) is 20.9. The number of carbonyl (C=O) groups excluding carboxylic acids is 1. The number of piperidine rings is 1. The monoisotopic (exact) mass is 457 g/mol. The highest BCUT2D eigenvalue weighted by Crippen LogP contribution is 2.75. The zero-order chi connectivity index (χ0) is 23.1. The molecule has 1 aromatic heterocycles. The zero-order valence-electron chi connectivity index (χ0n) is 20.4. The number of carbonyl (C=O) groups is 1. The molecule has 2 saturated heterocycles. The fourth-order valence-electron chi connectivity index (χ4n) is 9.40. The zero-order valence-corrected chi connectivity index (χ0v) is 20.4. The third-order valence-electron chi connectivity index (χ3n) is 10.4. The number of benzene rings is 1. The fraction of sp³-hybridized carbons (Fsp3) is 0.586. The Morgan fingerprint density at radius 3 is 2.91 bits per heavy atom. The van der Waals surface area contributed by atoms with Crippen LogP contribution in [0.25, 0.3) is 0 Å². The Balaban J connectivity index is 1.41. The van der Waals surface area contributed by atoms with E-state index in [1.807, 2.05) is 24.4 Å². The van der Waals surface area contributed by atoms with E-state index in [4.69, 9.17) is 4.74 Å². The number of anilines is 1. The maximum absolute atomic E-state index is 14.0. The van der Waals surface area contributed by atoms with Gasteiger partial charge in [0.05, 0.1) is 7.11 Å². The summed E-state index contributed by atoms with van der Waals surface area (Å²) in [4.78, 5) is 23.6. The molecule has 4 bridgehead atoms. The van der Waals surface area contributed by atoms with Crippen molar-refractivity contribution in [2.75, 3.05) is 25.1 Å². The fourth-order valence-corrected chi connectivity index (χ4v) is 9.40. The van der Waals surface area contributed by atoms with Crippen LogP contribution in [0.15, 0.2) is 42.6 Å². The molecule has 7 rings (SSSR count). The topological polar surface area (TPSA) is 45.7 Å². The highest BCUT2D eigenvalue weighted by Gasteiger charge is 2.78. The van der Waals surface area contributed by atoms with Crippen LogP contribution < -0.4 is 9.64 Å². The summed E-state index contributed by atoms with van der Waals surface area (Å²) in [5, 5.41) is 0. The van der Waals surface area contributed by atoms with Crippen molar-refractivity contribution in [2.45, 2.75) is 69.4 Å². The predicted molar refractivity (Wildman–Crippen MR) is 132 cm³/mol. The number of amides is 1. The number of hydrogen-bond acceptors (Lipinski definition) is 4. The molecule has 0 radical (unpaired) electrons. The van der Waals surface area contributed by atoms with Gasteiger partial charge in [-0.3, -0.25) is 14.6 Å². The van der Waals surface area contributed by atoms with Gasteiger partial charge in [-0.05, 0) is 92.4 Å². The number of methoxy groups -OCH3 is 1. The molecule has 5 aliphatic rings. The standard InChI is InChI=1S/C29H35N3O2/c1-3-4-14-31-15-12-29-22-17-20(34-2)9-8-19(22)16-24(31)28(29)11-10-23-26(29)21(18-28)27(33)32(23)25-7-5-6-13-30-25/h5-9,13,17,21,23-24,26H,3-4,10-12,14-16,18H2,1-2H3/t21-,23?,24?,26?,28?,29?/m0/s1. The van der Waals surface area contributed by atoms with Crippen molar-refractivity contribution in [1.82, 2.24) is 9.88 Å². The number of rotatable bonds is 5. The van der Waals surface area contributed by atoms with Crippen LogP contribution in [0, 0.1) is 17.3 Å². The number of ether oxygens (including phenoxy) is 1. The molecule has 4 fully saturated rings. The number of nitrogens with zero attached hydrogens (tertiary/aromatic N) is 3. The van der Waals surface area contributed by atoms with Crippen LogP contribution in [-0.2, 0) is 16.6 Å². The minimum Gasteiger partial charge on any atom is -0.497 e. The van der Waals surface area contributed by atoms with Crippen molar-refractivity contribution in [1.29, 1.82) is 0 Å². The lowest BCUT2D eigenvalue weighted by Crippen LogP contribution is -2.69. The molecular formula is C29H35N3O2. The van der Waals surface area contributed by atoms with Gasteiger partial charge in [-0.25, -0.2) is 4.98 Å². The SMILES string of the molecule is CCCCN1CCC23c4cc(OC)ccc4CC1C21CCC2C3[C@H](C1)C(=O)N2c1ccccn1. The van der Waals surface area contributed by atoms with Crippen molar-refractivity contribution in [3.05, 3.63) is 53.7 Å². The number of aromatic nitrogens is 1. The molecule has 5 nitrogen and oxygen atoms in total. The van der Waals surface area contributed by atoms with Gasteiger partial charge in [-0.15, -0.1) is 0 Å². The molecule has 6 atom stereocenters. The summed E-state index contributed by atoms with van der Waals surface area (Å²) in [6.45, 7) is 4.64. The van der Waals surface area contributed by atoms with E-state index in [-0.39, 0.29) is 22.8 Å². The van der Waals surface area contributed by atoms with Crippen molar-refractivity contribution >= 4 is 11.7 Å². The van der Waals surface area contributed by atoms with E-state index in [9.17, 15) is 4.79 Å². The lowest BCUT2D eigenvalue weighted by Gasteiger charge is -2.66. The summed E-state index contributed by atoms with van der Waals surface area (Å²) in [6, 6.07) is 13.6. The van der Waals surface area contributed by atoms with Crippen LogP contribution in [0.2, 0.25) is 0 Å². The molecule has 34 heavy (non-hydrogen) atoms. The summed E-state index contributed by atoms with van der Waals surface area (Å²) in [5.41, 5.74) is 3.27. The lowest BCUT2D eigenvalue weighted by molar-refractivity contribution is -0.122. The minimum atomic E-state index is 0.0648. The van der Waals surface area contributed by atoms with Crippen molar-refractivity contribution in [2.24, 2.45) is 17.3 Å². The Kier molecular flexibility index (Phi) is 4.49. The quantitative estimate of drug-likeness (QED) is 0.659. The van der Waals surface area contributed by atoms with Crippen molar-refractivity contribution in [3.8, 4) is 5.75 Å². The Morgan fingerprint density at radius 1 is 1.21 bits per heavy atom. The average molecular weight is 458 g/mol. The third-order valence-corrected chi connectivity index (χ3v) is 10.4. The number of likely N-dealkylation sites (tertiary alicyclic amines) is 1. The van der Waals surface area contributed by atoms with Crippen LogP contribution in [0.5, 0.6) is 5.75 Å². The number of fused-ring (bicyclic) bond motifs is 1. The van der Waals surface area contributed by atoms with Crippen molar-refractivity contribution in [3.63, 3.8) is 0 Å². The summed E-state index contributed by atoms with van der Waals surface area (Å²) < 4.78 is 5.74. The van der Waals surface area contributed by atoms with Gasteiger partial charge in [-0.2, -0.15) is 0 Å². The van der Waals surface area contributed by atoms with Crippen LogP contribution in [0.4, 0.5) is 5.82 Å². The normalized spacial score (nSPS) is 37.5. The molecule has 2 aromatic rings. The Bertz CT molecular complexity index is 1140. The van der Waals surface area contributed by atoms with Gasteiger partial charge >= 0.3 is 0 Å². The molecule has 178 valence electrons. The predicted octanol–water partition coefficient (Wildman–Crippen LogP) is 4.59. The molecule has 2 saturated carbocycles. The summed E-state index contributed by atoms with van der Waals surface area (Å²) in [5.74, 6) is 2.61. The molecule has 2 aliphatic heterocycles. The molecule has 5 unspecified atom stereocenters. The number of unbranched alkanes of at least 4 members (excludes halogenated alkanes) is 1. The maximum Gasteiger partial charge on any atom is 0.231 e. The molecular weight excluding hydrogens is 422 g/mol. The van der Waals surface area contributed by atoms with Gasteiger partial charge in [0.15, 0.2) is 0 Å². The second-order valence-electron chi connectivity index (χ2n) is 11.3.